The van der Waals surface area contributed by atoms with Crippen molar-refractivity contribution >= 4 is 0 Å². The second-order valence-corrected chi connectivity index (χ2v) is 4.27. The normalized spacial score (nSPS) is 37.8. The summed E-state index contributed by atoms with van der Waals surface area (Å²) >= 11 is 0. The van der Waals surface area contributed by atoms with Crippen LogP contribution >= 0.6 is 0 Å². The third-order valence-corrected chi connectivity index (χ3v) is 3.33. The molecule has 12 heavy (non-hydrogen) atoms. The highest BCUT2D eigenvalue weighted by Gasteiger charge is 2.37. The van der Waals surface area contributed by atoms with Gasteiger partial charge in [-0.25, -0.2) is 0 Å². The highest BCUT2D eigenvalue weighted by atomic mass is 15.2. The van der Waals surface area contributed by atoms with E-state index >= 15 is 0 Å². The van der Waals surface area contributed by atoms with Gasteiger partial charge in [0, 0.05) is 19.8 Å². The first-order chi connectivity index (χ1) is 5.85. The molecular formula is C9H19N3. The maximum Gasteiger partial charge on any atom is 0.0455 e. The van der Waals surface area contributed by atoms with Gasteiger partial charge in [-0.3, -0.25) is 4.90 Å². The molecule has 1 atom stereocenters. The molecular weight excluding hydrogens is 150 g/mol. The molecule has 0 bridgehead atoms. The standard InChI is InChI=1S/C9H19N3/c10-8-12-5-1-2-9(7-12)3-4-11-6-9/h11H,1-8,10H2. The fourth-order valence-electron chi connectivity index (χ4n) is 2.61. The number of hydrogen-bond donors (Lipinski definition) is 2. The van der Waals surface area contributed by atoms with Crippen molar-refractivity contribution in [2.45, 2.75) is 19.3 Å². The smallest absolute Gasteiger partial charge is 0.0455 e. The van der Waals surface area contributed by atoms with Crippen molar-refractivity contribution in [1.29, 1.82) is 0 Å². The number of rotatable bonds is 1. The Morgan fingerprint density at radius 1 is 1.42 bits per heavy atom. The van der Waals surface area contributed by atoms with Gasteiger partial charge in [-0.05, 0) is 37.8 Å². The fraction of sp³-hybridized carbons (Fsp3) is 1.00. The summed E-state index contributed by atoms with van der Waals surface area (Å²) in [6, 6.07) is 0. The van der Waals surface area contributed by atoms with Crippen LogP contribution in [0.2, 0.25) is 0 Å². The number of nitrogens with one attached hydrogen (secondary N) is 1. The molecule has 0 saturated carbocycles. The molecule has 2 fully saturated rings. The monoisotopic (exact) mass is 169 g/mol. The van der Waals surface area contributed by atoms with E-state index < -0.39 is 0 Å². The second kappa shape index (κ2) is 3.32. The zero-order chi connectivity index (χ0) is 8.44. The van der Waals surface area contributed by atoms with Gasteiger partial charge in [0.2, 0.25) is 0 Å². The van der Waals surface area contributed by atoms with Crippen LogP contribution in [0.15, 0.2) is 0 Å². The maximum atomic E-state index is 5.66. The average molecular weight is 169 g/mol. The average Bonchev–Trinajstić information content (AvgIpc) is 2.53. The molecule has 3 heteroatoms. The molecule has 2 heterocycles. The van der Waals surface area contributed by atoms with Gasteiger partial charge in [-0.2, -0.15) is 0 Å². The first-order valence-electron chi connectivity index (χ1n) is 4.98. The van der Waals surface area contributed by atoms with E-state index in [4.69, 9.17) is 5.73 Å². The van der Waals surface area contributed by atoms with Crippen LogP contribution in [0.3, 0.4) is 0 Å². The van der Waals surface area contributed by atoms with E-state index in [9.17, 15) is 0 Å². The van der Waals surface area contributed by atoms with Crippen molar-refractivity contribution < 1.29 is 0 Å². The predicted molar refractivity (Wildman–Crippen MR) is 49.8 cm³/mol. The summed E-state index contributed by atoms with van der Waals surface area (Å²) in [5.41, 5.74) is 6.24. The topological polar surface area (TPSA) is 41.3 Å². The molecule has 70 valence electrons. The van der Waals surface area contributed by atoms with Crippen LogP contribution in [0, 0.1) is 5.41 Å². The van der Waals surface area contributed by atoms with Crippen LogP contribution in [-0.4, -0.2) is 37.7 Å². The van der Waals surface area contributed by atoms with Crippen molar-refractivity contribution in [3.8, 4) is 0 Å². The molecule has 0 aromatic carbocycles. The third kappa shape index (κ3) is 1.49. The molecule has 2 aliphatic rings. The van der Waals surface area contributed by atoms with E-state index in [1.54, 1.807) is 0 Å². The molecule has 2 rings (SSSR count). The lowest BCUT2D eigenvalue weighted by Crippen LogP contribution is -2.46. The molecule has 0 amide bonds. The van der Waals surface area contributed by atoms with Gasteiger partial charge < -0.3 is 11.1 Å². The van der Waals surface area contributed by atoms with Crippen molar-refractivity contribution in [2.24, 2.45) is 11.1 Å². The summed E-state index contributed by atoms with van der Waals surface area (Å²) in [5.74, 6) is 0. The zero-order valence-corrected chi connectivity index (χ0v) is 7.68. The van der Waals surface area contributed by atoms with E-state index in [-0.39, 0.29) is 0 Å². The first-order valence-corrected chi connectivity index (χ1v) is 4.98. The van der Waals surface area contributed by atoms with Crippen LogP contribution in [0.4, 0.5) is 0 Å². The minimum Gasteiger partial charge on any atom is -0.318 e. The van der Waals surface area contributed by atoms with Gasteiger partial charge in [-0.15, -0.1) is 0 Å². The summed E-state index contributed by atoms with van der Waals surface area (Å²) in [4.78, 5) is 2.39. The lowest BCUT2D eigenvalue weighted by Gasteiger charge is -2.39. The highest BCUT2D eigenvalue weighted by molar-refractivity contribution is 4.92. The SMILES string of the molecule is NCN1CCCC2(CCNC2)C1. The lowest BCUT2D eigenvalue weighted by molar-refractivity contribution is 0.106. The summed E-state index contributed by atoms with van der Waals surface area (Å²) in [7, 11) is 0. The minimum absolute atomic E-state index is 0.581. The van der Waals surface area contributed by atoms with Crippen LogP contribution < -0.4 is 11.1 Å². The van der Waals surface area contributed by atoms with Gasteiger partial charge in [0.15, 0.2) is 0 Å². The Morgan fingerprint density at radius 2 is 2.33 bits per heavy atom. The molecule has 2 saturated heterocycles. The molecule has 2 aliphatic heterocycles. The minimum atomic E-state index is 0.581. The Kier molecular flexibility index (Phi) is 2.35. The molecule has 3 N–H and O–H groups in total. The largest absolute Gasteiger partial charge is 0.318 e. The van der Waals surface area contributed by atoms with Gasteiger partial charge in [-0.1, -0.05) is 0 Å². The summed E-state index contributed by atoms with van der Waals surface area (Å²) in [6.07, 6.45) is 4.08. The zero-order valence-electron chi connectivity index (χ0n) is 7.68. The van der Waals surface area contributed by atoms with Crippen LogP contribution in [0.1, 0.15) is 19.3 Å². The molecule has 3 nitrogen and oxygen atoms in total. The molecule has 1 unspecified atom stereocenters. The Bertz CT molecular complexity index is 152. The van der Waals surface area contributed by atoms with Gasteiger partial charge in [0.25, 0.3) is 0 Å². The van der Waals surface area contributed by atoms with E-state index in [0.717, 1.165) is 6.67 Å². The third-order valence-electron chi connectivity index (χ3n) is 3.33. The number of nitrogens with zero attached hydrogens (tertiary/aromatic N) is 1. The highest BCUT2D eigenvalue weighted by Crippen LogP contribution is 2.34. The van der Waals surface area contributed by atoms with E-state index in [1.165, 1.54) is 45.4 Å². The number of piperidine rings is 1. The Labute approximate surface area is 74.3 Å². The predicted octanol–water partition coefficient (Wildman–Crippen LogP) is -0.0219. The fourth-order valence-corrected chi connectivity index (χ4v) is 2.61. The first kappa shape index (κ1) is 8.48. The van der Waals surface area contributed by atoms with E-state index in [0.29, 0.717) is 5.41 Å². The number of nitrogens with two attached hydrogens (primary N) is 1. The summed E-state index contributed by atoms with van der Waals surface area (Å²) in [5, 5.41) is 3.46. The second-order valence-electron chi connectivity index (χ2n) is 4.27. The quantitative estimate of drug-likeness (QED) is 0.579. The van der Waals surface area contributed by atoms with E-state index in [2.05, 4.69) is 10.2 Å². The Balaban J connectivity index is 1.97. The van der Waals surface area contributed by atoms with Crippen molar-refractivity contribution in [3.05, 3.63) is 0 Å². The molecule has 0 aromatic heterocycles. The Morgan fingerprint density at radius 3 is 3.00 bits per heavy atom. The molecule has 0 aromatic rings. The van der Waals surface area contributed by atoms with Crippen molar-refractivity contribution in [2.75, 3.05) is 32.8 Å². The summed E-state index contributed by atoms with van der Waals surface area (Å²) < 4.78 is 0. The Hall–Kier alpha value is -0.120. The van der Waals surface area contributed by atoms with Crippen LogP contribution in [-0.2, 0) is 0 Å². The maximum absolute atomic E-state index is 5.66. The van der Waals surface area contributed by atoms with Gasteiger partial charge in [0.1, 0.15) is 0 Å². The van der Waals surface area contributed by atoms with Crippen LogP contribution in [0.25, 0.3) is 0 Å². The number of hydrogen-bond acceptors (Lipinski definition) is 3. The van der Waals surface area contributed by atoms with Gasteiger partial charge in [0.05, 0.1) is 0 Å². The van der Waals surface area contributed by atoms with Crippen molar-refractivity contribution in [3.63, 3.8) is 0 Å². The summed E-state index contributed by atoms with van der Waals surface area (Å²) in [6.45, 7) is 5.58. The van der Waals surface area contributed by atoms with Crippen molar-refractivity contribution in [1.82, 2.24) is 10.2 Å². The number of likely N-dealkylation sites (tertiary alicyclic amines) is 1. The molecule has 1 spiro atoms. The molecule has 0 aliphatic carbocycles. The van der Waals surface area contributed by atoms with E-state index in [1.807, 2.05) is 0 Å². The van der Waals surface area contributed by atoms with Gasteiger partial charge >= 0.3 is 0 Å². The lowest BCUT2D eigenvalue weighted by atomic mass is 9.79. The molecule has 0 radical (unpaired) electrons. The van der Waals surface area contributed by atoms with Crippen LogP contribution in [0.5, 0.6) is 0 Å².